The highest BCUT2D eigenvalue weighted by atomic mass is 19.4. The van der Waals surface area contributed by atoms with Crippen LogP contribution in [-0.2, 0) is 6.18 Å². The Balaban J connectivity index is 2.40. The summed E-state index contributed by atoms with van der Waals surface area (Å²) in [7, 11) is 0. The van der Waals surface area contributed by atoms with Crippen LogP contribution in [0.3, 0.4) is 0 Å². The van der Waals surface area contributed by atoms with Crippen molar-refractivity contribution in [3.8, 4) is 0 Å². The molecule has 6 heteroatoms. The number of halogens is 4. The fraction of sp³-hybridized carbons (Fsp3) is 0.143. The molecular weight excluding hydrogens is 272 g/mol. The van der Waals surface area contributed by atoms with Gasteiger partial charge in [0.25, 0.3) is 0 Å². The Morgan fingerprint density at radius 1 is 0.950 bits per heavy atom. The number of nitrogens with one attached hydrogen (secondary N) is 1. The molecule has 0 saturated heterocycles. The molecule has 0 spiro atoms. The number of benzene rings is 2. The van der Waals surface area contributed by atoms with E-state index < -0.39 is 23.6 Å². The topological polar surface area (TPSA) is 38.0 Å². The van der Waals surface area contributed by atoms with Crippen LogP contribution in [-0.4, -0.2) is 0 Å². The van der Waals surface area contributed by atoms with Crippen LogP contribution in [0.15, 0.2) is 48.5 Å². The zero-order valence-corrected chi connectivity index (χ0v) is 10.3. The summed E-state index contributed by atoms with van der Waals surface area (Å²) >= 11 is 0. The van der Waals surface area contributed by atoms with Crippen molar-refractivity contribution in [1.82, 2.24) is 5.43 Å². The summed E-state index contributed by atoms with van der Waals surface area (Å²) < 4.78 is 51.1. The van der Waals surface area contributed by atoms with Crippen molar-refractivity contribution in [3.63, 3.8) is 0 Å². The van der Waals surface area contributed by atoms with Gasteiger partial charge in [-0.2, -0.15) is 13.2 Å². The number of rotatable bonds is 3. The molecular formula is C14H12F4N2. The molecule has 0 aromatic heterocycles. The number of hydrazine groups is 1. The monoisotopic (exact) mass is 284 g/mol. The Bertz CT molecular complexity index is 581. The van der Waals surface area contributed by atoms with E-state index in [1.807, 2.05) is 0 Å². The molecule has 106 valence electrons. The first-order valence-corrected chi connectivity index (χ1v) is 5.81. The number of alkyl halides is 3. The summed E-state index contributed by atoms with van der Waals surface area (Å²) in [6.45, 7) is 0. The van der Waals surface area contributed by atoms with E-state index in [0.29, 0.717) is 5.56 Å². The smallest absolute Gasteiger partial charge is 0.271 e. The quantitative estimate of drug-likeness (QED) is 0.515. The van der Waals surface area contributed by atoms with E-state index in [9.17, 15) is 17.6 Å². The molecule has 2 rings (SSSR count). The van der Waals surface area contributed by atoms with Gasteiger partial charge >= 0.3 is 6.18 Å². The van der Waals surface area contributed by atoms with Crippen molar-refractivity contribution in [2.24, 2.45) is 5.84 Å². The highest BCUT2D eigenvalue weighted by Crippen LogP contribution is 2.33. The lowest BCUT2D eigenvalue weighted by Gasteiger charge is -2.18. The van der Waals surface area contributed by atoms with Gasteiger partial charge in [-0.15, -0.1) is 0 Å². The highest BCUT2D eigenvalue weighted by molar-refractivity contribution is 5.35. The van der Waals surface area contributed by atoms with Gasteiger partial charge in [-0.05, 0) is 23.3 Å². The maximum Gasteiger partial charge on any atom is 0.419 e. The normalized spacial score (nSPS) is 13.2. The van der Waals surface area contributed by atoms with Gasteiger partial charge in [-0.1, -0.05) is 36.4 Å². The largest absolute Gasteiger partial charge is 0.419 e. The number of nitrogens with two attached hydrogens (primary N) is 1. The second kappa shape index (κ2) is 5.60. The van der Waals surface area contributed by atoms with E-state index in [1.54, 1.807) is 30.3 Å². The third-order valence-corrected chi connectivity index (χ3v) is 2.93. The lowest BCUT2D eigenvalue weighted by atomic mass is 9.98. The average molecular weight is 284 g/mol. The summed E-state index contributed by atoms with van der Waals surface area (Å²) in [4.78, 5) is 0. The molecule has 2 nitrogen and oxygen atoms in total. The van der Waals surface area contributed by atoms with Gasteiger partial charge in [0.1, 0.15) is 5.82 Å². The molecule has 1 atom stereocenters. The molecule has 2 aromatic carbocycles. The van der Waals surface area contributed by atoms with Crippen LogP contribution >= 0.6 is 0 Å². The Kier molecular flexibility index (Phi) is 4.06. The molecule has 20 heavy (non-hydrogen) atoms. The first kappa shape index (κ1) is 14.5. The SMILES string of the molecule is NN[C@@H](c1ccccc1)c1ccc(C(F)(F)F)c(F)c1. The van der Waals surface area contributed by atoms with E-state index in [0.717, 1.165) is 17.7 Å². The fourth-order valence-corrected chi connectivity index (χ4v) is 1.97. The average Bonchev–Trinajstić information content (AvgIpc) is 2.39. The Morgan fingerprint density at radius 3 is 2.10 bits per heavy atom. The van der Waals surface area contributed by atoms with Crippen LogP contribution in [0.2, 0.25) is 0 Å². The molecule has 0 heterocycles. The Morgan fingerprint density at radius 2 is 1.60 bits per heavy atom. The molecule has 0 aliphatic carbocycles. The lowest BCUT2D eigenvalue weighted by Crippen LogP contribution is -2.29. The summed E-state index contributed by atoms with van der Waals surface area (Å²) in [6.07, 6.45) is -4.71. The minimum absolute atomic E-state index is 0.323. The minimum atomic E-state index is -4.71. The van der Waals surface area contributed by atoms with Crippen molar-refractivity contribution in [3.05, 3.63) is 71.0 Å². The van der Waals surface area contributed by atoms with Crippen molar-refractivity contribution < 1.29 is 17.6 Å². The van der Waals surface area contributed by atoms with Gasteiger partial charge in [0.05, 0.1) is 11.6 Å². The maximum atomic E-state index is 13.6. The predicted octanol–water partition coefficient (Wildman–Crippen LogP) is 3.40. The molecule has 0 amide bonds. The number of hydrogen-bond acceptors (Lipinski definition) is 2. The molecule has 0 aliphatic rings. The van der Waals surface area contributed by atoms with Gasteiger partial charge in [-0.25, -0.2) is 9.82 Å². The van der Waals surface area contributed by atoms with Crippen molar-refractivity contribution >= 4 is 0 Å². The van der Waals surface area contributed by atoms with Gasteiger partial charge in [-0.3, -0.25) is 5.84 Å². The Hall–Kier alpha value is -1.92. The maximum absolute atomic E-state index is 13.6. The van der Waals surface area contributed by atoms with Gasteiger partial charge < -0.3 is 0 Å². The third-order valence-electron chi connectivity index (χ3n) is 2.93. The van der Waals surface area contributed by atoms with E-state index in [2.05, 4.69) is 5.43 Å². The van der Waals surface area contributed by atoms with Crippen LogP contribution in [0.25, 0.3) is 0 Å². The van der Waals surface area contributed by atoms with Gasteiger partial charge in [0.15, 0.2) is 0 Å². The van der Waals surface area contributed by atoms with E-state index >= 15 is 0 Å². The van der Waals surface area contributed by atoms with Gasteiger partial charge in [0, 0.05) is 0 Å². The molecule has 0 saturated carbocycles. The molecule has 0 radical (unpaired) electrons. The number of hydrogen-bond donors (Lipinski definition) is 2. The minimum Gasteiger partial charge on any atom is -0.271 e. The van der Waals surface area contributed by atoms with Crippen molar-refractivity contribution in [2.75, 3.05) is 0 Å². The first-order valence-electron chi connectivity index (χ1n) is 5.81. The summed E-state index contributed by atoms with van der Waals surface area (Å²) in [5.41, 5.74) is 2.24. The van der Waals surface area contributed by atoms with Crippen LogP contribution in [0, 0.1) is 5.82 Å². The van der Waals surface area contributed by atoms with Crippen LogP contribution < -0.4 is 11.3 Å². The van der Waals surface area contributed by atoms with Crippen molar-refractivity contribution in [2.45, 2.75) is 12.2 Å². The van der Waals surface area contributed by atoms with Gasteiger partial charge in [0.2, 0.25) is 0 Å². The fourth-order valence-electron chi connectivity index (χ4n) is 1.97. The van der Waals surface area contributed by atoms with E-state index in [1.165, 1.54) is 6.07 Å². The summed E-state index contributed by atoms with van der Waals surface area (Å²) in [5, 5.41) is 0. The third kappa shape index (κ3) is 2.97. The lowest BCUT2D eigenvalue weighted by molar-refractivity contribution is -0.140. The zero-order chi connectivity index (χ0) is 14.8. The molecule has 0 fully saturated rings. The molecule has 0 bridgehead atoms. The first-order chi connectivity index (χ1) is 9.43. The van der Waals surface area contributed by atoms with Crippen LogP contribution in [0.4, 0.5) is 17.6 Å². The molecule has 2 aromatic rings. The highest BCUT2D eigenvalue weighted by Gasteiger charge is 2.34. The van der Waals surface area contributed by atoms with Crippen LogP contribution in [0.5, 0.6) is 0 Å². The molecule has 0 unspecified atom stereocenters. The predicted molar refractivity (Wildman–Crippen MR) is 67.0 cm³/mol. The summed E-state index contributed by atoms with van der Waals surface area (Å²) in [6, 6.07) is 11.0. The van der Waals surface area contributed by atoms with E-state index in [4.69, 9.17) is 5.84 Å². The molecule has 0 aliphatic heterocycles. The molecule has 3 N–H and O–H groups in total. The van der Waals surface area contributed by atoms with E-state index in [-0.39, 0.29) is 0 Å². The standard InChI is InChI=1S/C14H12F4N2/c15-12-8-10(6-7-11(12)14(16,17)18)13(20-19)9-4-2-1-3-5-9/h1-8,13,20H,19H2/t13-/m0/s1. The Labute approximate surface area is 113 Å². The van der Waals surface area contributed by atoms with Crippen molar-refractivity contribution in [1.29, 1.82) is 0 Å². The summed E-state index contributed by atoms with van der Waals surface area (Å²) in [5.74, 6) is 4.10. The second-order valence-electron chi connectivity index (χ2n) is 4.25. The zero-order valence-electron chi connectivity index (χ0n) is 10.3. The second-order valence-corrected chi connectivity index (χ2v) is 4.25. The van der Waals surface area contributed by atoms with Crippen LogP contribution in [0.1, 0.15) is 22.7 Å².